The van der Waals surface area contributed by atoms with Crippen LogP contribution in [0.3, 0.4) is 0 Å². The molecule has 1 saturated heterocycles. The molecule has 0 bridgehead atoms. The van der Waals surface area contributed by atoms with Crippen molar-refractivity contribution >= 4 is 23.4 Å². The predicted octanol–water partition coefficient (Wildman–Crippen LogP) is 7.55. The number of likely N-dealkylation sites (tertiary alicyclic amines) is 1. The van der Waals surface area contributed by atoms with Gasteiger partial charge < -0.3 is 20.4 Å². The Hall–Kier alpha value is -5.17. The zero-order valence-corrected chi connectivity index (χ0v) is 30.7. The van der Waals surface area contributed by atoms with Gasteiger partial charge in [-0.1, -0.05) is 109 Å². The van der Waals surface area contributed by atoms with Crippen LogP contribution < -0.4 is 10.6 Å². The number of nitrogens with zero attached hydrogens (tertiary/aromatic N) is 2. The van der Waals surface area contributed by atoms with Crippen molar-refractivity contribution in [3.8, 4) is 11.1 Å². The summed E-state index contributed by atoms with van der Waals surface area (Å²) in [6.45, 7) is 7.08. The Kier molecular flexibility index (Phi) is 12.1. The molecule has 0 aliphatic carbocycles. The molecule has 1 fully saturated rings. The molecular formula is C44H52N4O3. The van der Waals surface area contributed by atoms with Crippen molar-refractivity contribution in [3.63, 3.8) is 0 Å². The van der Waals surface area contributed by atoms with Gasteiger partial charge in [-0.25, -0.2) is 0 Å². The summed E-state index contributed by atoms with van der Waals surface area (Å²) in [5.41, 5.74) is 5.35. The lowest BCUT2D eigenvalue weighted by molar-refractivity contribution is -0.146. The molecule has 0 aromatic heterocycles. The third-order valence-electron chi connectivity index (χ3n) is 10.1. The second-order valence-corrected chi connectivity index (χ2v) is 14.6. The van der Waals surface area contributed by atoms with E-state index in [2.05, 4.69) is 60.9 Å². The van der Waals surface area contributed by atoms with Crippen molar-refractivity contribution in [2.24, 2.45) is 5.41 Å². The highest BCUT2D eigenvalue weighted by Gasteiger charge is 2.43. The molecular weight excluding hydrogens is 633 g/mol. The van der Waals surface area contributed by atoms with Gasteiger partial charge in [-0.3, -0.25) is 14.4 Å². The molecule has 4 aromatic carbocycles. The second-order valence-electron chi connectivity index (χ2n) is 14.6. The molecule has 0 saturated carbocycles. The summed E-state index contributed by atoms with van der Waals surface area (Å²) in [4.78, 5) is 45.1. The van der Waals surface area contributed by atoms with Gasteiger partial charge in [-0.05, 0) is 80.8 Å². The Labute approximate surface area is 303 Å². The summed E-state index contributed by atoms with van der Waals surface area (Å²) < 4.78 is 0. The number of hydrogen-bond acceptors (Lipinski definition) is 4. The number of carbonyl (C=O) groups excluding carboxylic acids is 3. The van der Waals surface area contributed by atoms with E-state index >= 15 is 0 Å². The highest BCUT2D eigenvalue weighted by molar-refractivity contribution is 5.93. The number of para-hydroxylation sites is 1. The van der Waals surface area contributed by atoms with E-state index in [-0.39, 0.29) is 23.3 Å². The van der Waals surface area contributed by atoms with Crippen LogP contribution in [-0.4, -0.2) is 66.3 Å². The van der Waals surface area contributed by atoms with Crippen LogP contribution in [0.4, 0.5) is 5.69 Å². The SMILES string of the molecule is CNC(=O)C1(Cc2ccccc2)CCN(C(=O)[C@@H](Cc2ccc(-c3ccccc3)cc2)N(C)C(=O)/C=C(\C)CC(C)(C)Nc2ccccc2)CC1. The third kappa shape index (κ3) is 9.75. The normalized spacial score (nSPS) is 15.1. The first-order valence-electron chi connectivity index (χ1n) is 18.0. The Balaban J connectivity index is 1.35. The monoisotopic (exact) mass is 684 g/mol. The van der Waals surface area contributed by atoms with E-state index in [0.29, 0.717) is 45.2 Å². The maximum atomic E-state index is 14.5. The molecule has 1 aliphatic rings. The summed E-state index contributed by atoms with van der Waals surface area (Å²) in [5.74, 6) is -0.297. The number of benzene rings is 4. The first-order valence-corrected chi connectivity index (χ1v) is 18.0. The summed E-state index contributed by atoms with van der Waals surface area (Å²) in [5, 5.41) is 6.45. The van der Waals surface area contributed by atoms with Crippen LogP contribution in [0, 0.1) is 5.41 Å². The van der Waals surface area contributed by atoms with Gasteiger partial charge in [0, 0.05) is 50.9 Å². The average molecular weight is 685 g/mol. The van der Waals surface area contributed by atoms with Crippen LogP contribution in [0.5, 0.6) is 0 Å². The van der Waals surface area contributed by atoms with Crippen LogP contribution in [-0.2, 0) is 27.2 Å². The lowest BCUT2D eigenvalue weighted by atomic mass is 9.73. The predicted molar refractivity (Wildman–Crippen MR) is 207 cm³/mol. The fraction of sp³-hybridized carbons (Fsp3) is 0.341. The fourth-order valence-corrected chi connectivity index (χ4v) is 7.35. The van der Waals surface area contributed by atoms with E-state index in [4.69, 9.17) is 0 Å². The largest absolute Gasteiger partial charge is 0.380 e. The number of nitrogens with one attached hydrogen (secondary N) is 2. The Morgan fingerprint density at radius 3 is 1.94 bits per heavy atom. The van der Waals surface area contributed by atoms with E-state index in [1.807, 2.05) is 90.7 Å². The number of rotatable bonds is 13. The summed E-state index contributed by atoms with van der Waals surface area (Å²) in [7, 11) is 3.41. The summed E-state index contributed by atoms with van der Waals surface area (Å²) in [6.07, 6.45) is 4.41. The second kappa shape index (κ2) is 16.7. The van der Waals surface area contributed by atoms with Crippen molar-refractivity contribution < 1.29 is 14.4 Å². The van der Waals surface area contributed by atoms with Crippen molar-refractivity contribution in [3.05, 3.63) is 138 Å². The minimum absolute atomic E-state index is 0.00564. The van der Waals surface area contributed by atoms with Crippen molar-refractivity contribution in [1.82, 2.24) is 15.1 Å². The molecule has 266 valence electrons. The van der Waals surface area contributed by atoms with E-state index in [0.717, 1.165) is 33.5 Å². The van der Waals surface area contributed by atoms with Crippen LogP contribution in [0.15, 0.2) is 127 Å². The molecule has 0 unspecified atom stereocenters. The van der Waals surface area contributed by atoms with Crippen molar-refractivity contribution in [2.75, 3.05) is 32.5 Å². The molecule has 5 rings (SSSR count). The minimum Gasteiger partial charge on any atom is -0.380 e. The van der Waals surface area contributed by atoms with Gasteiger partial charge in [-0.15, -0.1) is 0 Å². The zero-order chi connectivity index (χ0) is 36.4. The molecule has 0 radical (unpaired) electrons. The molecule has 2 N–H and O–H groups in total. The number of hydrogen-bond donors (Lipinski definition) is 2. The van der Waals surface area contributed by atoms with E-state index < -0.39 is 11.5 Å². The molecule has 3 amide bonds. The molecule has 7 nitrogen and oxygen atoms in total. The van der Waals surface area contributed by atoms with Gasteiger partial charge >= 0.3 is 0 Å². The lowest BCUT2D eigenvalue weighted by Crippen LogP contribution is -2.55. The van der Waals surface area contributed by atoms with Crippen molar-refractivity contribution in [1.29, 1.82) is 0 Å². The highest BCUT2D eigenvalue weighted by Crippen LogP contribution is 2.36. The van der Waals surface area contributed by atoms with Crippen LogP contribution in [0.25, 0.3) is 11.1 Å². The first kappa shape index (κ1) is 37.1. The zero-order valence-electron chi connectivity index (χ0n) is 30.7. The number of carbonyl (C=O) groups is 3. The van der Waals surface area contributed by atoms with Crippen LogP contribution in [0.2, 0.25) is 0 Å². The highest BCUT2D eigenvalue weighted by atomic mass is 16.2. The lowest BCUT2D eigenvalue weighted by Gasteiger charge is -2.42. The van der Waals surface area contributed by atoms with E-state index in [1.165, 1.54) is 0 Å². The maximum absolute atomic E-state index is 14.5. The van der Waals surface area contributed by atoms with Crippen LogP contribution >= 0.6 is 0 Å². The number of anilines is 1. The molecule has 7 heteroatoms. The van der Waals surface area contributed by atoms with E-state index in [9.17, 15) is 14.4 Å². The van der Waals surface area contributed by atoms with Gasteiger partial charge in [0.25, 0.3) is 0 Å². The smallest absolute Gasteiger partial charge is 0.246 e. The standard InChI is InChI=1S/C44H52N4O3/c1-33(31-43(2,3)46-38-19-13-8-14-20-38)29-40(49)47(5)39(30-34-21-23-37(24-22-34)36-17-11-7-12-18-36)41(50)48-27-25-44(26-28-48,42(51)45-4)32-35-15-9-6-10-16-35/h6-24,29,39,46H,25-28,30-32H2,1-5H3,(H,45,51)/b33-29+/t39-/m1/s1. The number of likely N-dealkylation sites (N-methyl/N-ethyl adjacent to an activating group) is 1. The molecule has 1 atom stereocenters. The Bertz CT molecular complexity index is 1780. The molecule has 0 spiro atoms. The van der Waals surface area contributed by atoms with Crippen LogP contribution in [0.1, 0.15) is 51.2 Å². The quantitative estimate of drug-likeness (QED) is 0.143. The summed E-state index contributed by atoms with van der Waals surface area (Å²) in [6, 6.07) is 37.8. The Morgan fingerprint density at radius 1 is 0.804 bits per heavy atom. The summed E-state index contributed by atoms with van der Waals surface area (Å²) >= 11 is 0. The topological polar surface area (TPSA) is 81.8 Å². The van der Waals surface area contributed by atoms with Gasteiger partial charge in [0.05, 0.1) is 5.41 Å². The Morgan fingerprint density at radius 2 is 1.35 bits per heavy atom. The van der Waals surface area contributed by atoms with E-state index in [1.54, 1.807) is 25.1 Å². The maximum Gasteiger partial charge on any atom is 0.246 e. The molecule has 1 heterocycles. The van der Waals surface area contributed by atoms with Gasteiger partial charge in [-0.2, -0.15) is 0 Å². The molecule has 4 aromatic rings. The number of piperidine rings is 1. The van der Waals surface area contributed by atoms with Crippen molar-refractivity contribution in [2.45, 2.75) is 64.5 Å². The third-order valence-corrected chi connectivity index (χ3v) is 10.1. The minimum atomic E-state index is -0.707. The average Bonchev–Trinajstić information content (AvgIpc) is 3.14. The van der Waals surface area contributed by atoms with Gasteiger partial charge in [0.2, 0.25) is 17.7 Å². The van der Waals surface area contributed by atoms with Gasteiger partial charge in [0.15, 0.2) is 0 Å². The number of amides is 3. The molecule has 1 aliphatic heterocycles. The molecule has 51 heavy (non-hydrogen) atoms. The van der Waals surface area contributed by atoms with Gasteiger partial charge in [0.1, 0.15) is 6.04 Å². The fourth-order valence-electron chi connectivity index (χ4n) is 7.35. The first-order chi connectivity index (χ1) is 24.5.